The van der Waals surface area contributed by atoms with Gasteiger partial charge in [0.2, 0.25) is 0 Å². The van der Waals surface area contributed by atoms with Gasteiger partial charge in [-0.1, -0.05) is 65.2 Å². The molecule has 1 N–H and O–H groups in total. The van der Waals surface area contributed by atoms with Gasteiger partial charge in [0, 0.05) is 6.04 Å². The van der Waals surface area contributed by atoms with Crippen LogP contribution in [0, 0.1) is 17.8 Å². The Morgan fingerprint density at radius 1 is 0.762 bits per heavy atom. The fourth-order valence-corrected chi connectivity index (χ4v) is 4.94. The summed E-state index contributed by atoms with van der Waals surface area (Å²) >= 11 is 0. The minimum atomic E-state index is 0.839. The monoisotopic (exact) mass is 293 g/mol. The van der Waals surface area contributed by atoms with Crippen LogP contribution in [-0.2, 0) is 0 Å². The van der Waals surface area contributed by atoms with Crippen LogP contribution in [0.5, 0.6) is 0 Å². The van der Waals surface area contributed by atoms with E-state index in [0.29, 0.717) is 0 Å². The number of hydrogen-bond acceptors (Lipinski definition) is 1. The lowest BCUT2D eigenvalue weighted by Crippen LogP contribution is -2.44. The third-order valence-electron chi connectivity index (χ3n) is 6.13. The van der Waals surface area contributed by atoms with Crippen molar-refractivity contribution in [1.29, 1.82) is 0 Å². The summed E-state index contributed by atoms with van der Waals surface area (Å²) in [4.78, 5) is 0. The molecule has 0 spiro atoms. The highest BCUT2D eigenvalue weighted by Crippen LogP contribution is 2.38. The summed E-state index contributed by atoms with van der Waals surface area (Å²) in [5.41, 5.74) is 0. The second kappa shape index (κ2) is 9.87. The Labute approximate surface area is 133 Å². The molecular formula is C20H39N. The van der Waals surface area contributed by atoms with E-state index in [1.165, 1.54) is 90.0 Å². The summed E-state index contributed by atoms with van der Waals surface area (Å²) in [6.07, 6.45) is 19.1. The van der Waals surface area contributed by atoms with Crippen molar-refractivity contribution >= 4 is 0 Å². The van der Waals surface area contributed by atoms with E-state index in [-0.39, 0.29) is 0 Å². The second-order valence-corrected chi connectivity index (χ2v) is 7.80. The molecule has 0 aromatic rings. The maximum atomic E-state index is 3.98. The predicted molar refractivity (Wildman–Crippen MR) is 93.6 cm³/mol. The summed E-state index contributed by atoms with van der Waals surface area (Å²) in [7, 11) is 0. The SMILES string of the molecule is CCCNC(C1CCCCCC1)C1CCC(CCC)CC1. The molecule has 0 heterocycles. The first kappa shape index (κ1) is 17.3. The van der Waals surface area contributed by atoms with Crippen molar-refractivity contribution in [3.05, 3.63) is 0 Å². The average molecular weight is 294 g/mol. The van der Waals surface area contributed by atoms with Crippen LogP contribution in [-0.4, -0.2) is 12.6 Å². The molecule has 21 heavy (non-hydrogen) atoms. The van der Waals surface area contributed by atoms with Gasteiger partial charge in [0.15, 0.2) is 0 Å². The molecule has 1 atom stereocenters. The second-order valence-electron chi connectivity index (χ2n) is 7.80. The van der Waals surface area contributed by atoms with Gasteiger partial charge in [0.05, 0.1) is 0 Å². The van der Waals surface area contributed by atoms with Gasteiger partial charge in [-0.3, -0.25) is 0 Å². The van der Waals surface area contributed by atoms with Crippen molar-refractivity contribution in [2.45, 2.75) is 103 Å². The van der Waals surface area contributed by atoms with Crippen LogP contribution in [0.25, 0.3) is 0 Å². The first-order valence-corrected chi connectivity index (χ1v) is 10.1. The predicted octanol–water partition coefficient (Wildman–Crippen LogP) is 5.93. The average Bonchev–Trinajstić information content (AvgIpc) is 2.79. The lowest BCUT2D eigenvalue weighted by atomic mass is 9.72. The Balaban J connectivity index is 1.89. The van der Waals surface area contributed by atoms with Gasteiger partial charge < -0.3 is 5.32 Å². The molecule has 1 unspecified atom stereocenters. The van der Waals surface area contributed by atoms with Crippen molar-refractivity contribution in [2.75, 3.05) is 6.54 Å². The van der Waals surface area contributed by atoms with Crippen LogP contribution in [0.4, 0.5) is 0 Å². The van der Waals surface area contributed by atoms with Gasteiger partial charge in [0.25, 0.3) is 0 Å². The lowest BCUT2D eigenvalue weighted by molar-refractivity contribution is 0.163. The van der Waals surface area contributed by atoms with Crippen LogP contribution in [0.3, 0.4) is 0 Å². The third-order valence-corrected chi connectivity index (χ3v) is 6.13. The molecule has 0 saturated heterocycles. The van der Waals surface area contributed by atoms with Gasteiger partial charge in [-0.15, -0.1) is 0 Å². The van der Waals surface area contributed by atoms with Crippen LogP contribution in [0.15, 0.2) is 0 Å². The van der Waals surface area contributed by atoms with Crippen molar-refractivity contribution in [1.82, 2.24) is 5.32 Å². The van der Waals surface area contributed by atoms with Crippen LogP contribution < -0.4 is 5.32 Å². The van der Waals surface area contributed by atoms with Crippen LogP contribution >= 0.6 is 0 Å². The molecule has 124 valence electrons. The van der Waals surface area contributed by atoms with E-state index in [1.807, 2.05) is 0 Å². The zero-order valence-corrected chi connectivity index (χ0v) is 14.7. The maximum Gasteiger partial charge on any atom is 0.0124 e. The maximum absolute atomic E-state index is 3.98. The van der Waals surface area contributed by atoms with E-state index in [4.69, 9.17) is 0 Å². The Morgan fingerprint density at radius 2 is 1.38 bits per heavy atom. The first-order chi connectivity index (χ1) is 10.3. The van der Waals surface area contributed by atoms with Gasteiger partial charge in [-0.05, 0) is 56.4 Å². The molecule has 2 fully saturated rings. The van der Waals surface area contributed by atoms with Crippen molar-refractivity contribution in [3.8, 4) is 0 Å². The fourth-order valence-electron chi connectivity index (χ4n) is 4.94. The molecule has 0 aromatic heterocycles. The molecule has 0 bridgehead atoms. The fraction of sp³-hybridized carbons (Fsp3) is 1.00. The zero-order valence-electron chi connectivity index (χ0n) is 14.7. The normalized spacial score (nSPS) is 30.0. The zero-order chi connectivity index (χ0) is 14.9. The smallest absolute Gasteiger partial charge is 0.0124 e. The Hall–Kier alpha value is -0.0400. The minimum Gasteiger partial charge on any atom is -0.313 e. The highest BCUT2D eigenvalue weighted by molar-refractivity contribution is 4.87. The largest absolute Gasteiger partial charge is 0.313 e. The summed E-state index contributed by atoms with van der Waals surface area (Å²) in [5.74, 6) is 3.01. The van der Waals surface area contributed by atoms with Crippen molar-refractivity contribution in [2.24, 2.45) is 17.8 Å². The molecule has 0 aliphatic heterocycles. The molecule has 1 nitrogen and oxygen atoms in total. The van der Waals surface area contributed by atoms with Gasteiger partial charge in [-0.25, -0.2) is 0 Å². The van der Waals surface area contributed by atoms with Crippen molar-refractivity contribution in [3.63, 3.8) is 0 Å². The molecule has 0 radical (unpaired) electrons. The van der Waals surface area contributed by atoms with Gasteiger partial charge in [-0.2, -0.15) is 0 Å². The van der Waals surface area contributed by atoms with E-state index >= 15 is 0 Å². The van der Waals surface area contributed by atoms with E-state index in [0.717, 1.165) is 23.8 Å². The van der Waals surface area contributed by atoms with E-state index in [1.54, 1.807) is 0 Å². The number of nitrogens with one attached hydrogen (secondary N) is 1. The molecule has 0 aromatic carbocycles. The Morgan fingerprint density at radius 3 is 1.95 bits per heavy atom. The van der Waals surface area contributed by atoms with E-state index in [9.17, 15) is 0 Å². The molecule has 2 rings (SSSR count). The molecule has 1 heteroatoms. The summed E-state index contributed by atoms with van der Waals surface area (Å²) < 4.78 is 0. The summed E-state index contributed by atoms with van der Waals surface area (Å²) in [5, 5.41) is 3.98. The quantitative estimate of drug-likeness (QED) is 0.573. The van der Waals surface area contributed by atoms with Crippen molar-refractivity contribution < 1.29 is 0 Å². The molecular weight excluding hydrogens is 254 g/mol. The summed E-state index contributed by atoms with van der Waals surface area (Å²) in [6.45, 7) is 5.90. The topological polar surface area (TPSA) is 12.0 Å². The Bertz CT molecular complexity index is 247. The number of hydrogen-bond donors (Lipinski definition) is 1. The highest BCUT2D eigenvalue weighted by Gasteiger charge is 2.32. The van der Waals surface area contributed by atoms with Crippen LogP contribution in [0.1, 0.15) is 97.3 Å². The van der Waals surface area contributed by atoms with Gasteiger partial charge >= 0.3 is 0 Å². The third kappa shape index (κ3) is 5.58. The minimum absolute atomic E-state index is 0.839. The van der Waals surface area contributed by atoms with Crippen LogP contribution in [0.2, 0.25) is 0 Å². The number of rotatable bonds is 7. The lowest BCUT2D eigenvalue weighted by Gasteiger charge is -2.38. The standard InChI is InChI=1S/C20H39N/c1-3-9-17-12-14-19(15-13-17)20(21-16-4-2)18-10-7-5-6-8-11-18/h17-21H,3-16H2,1-2H3. The molecule has 2 saturated carbocycles. The molecule has 2 aliphatic carbocycles. The van der Waals surface area contributed by atoms with E-state index in [2.05, 4.69) is 19.2 Å². The van der Waals surface area contributed by atoms with Gasteiger partial charge in [0.1, 0.15) is 0 Å². The first-order valence-electron chi connectivity index (χ1n) is 10.1. The Kier molecular flexibility index (Phi) is 8.14. The highest BCUT2D eigenvalue weighted by atomic mass is 14.9. The molecule has 2 aliphatic rings. The summed E-state index contributed by atoms with van der Waals surface area (Å²) in [6, 6.07) is 0.839. The molecule has 0 amide bonds. The van der Waals surface area contributed by atoms with E-state index < -0.39 is 0 Å².